The molecule has 2 N–H and O–H groups in total. The number of nitrogens with zero attached hydrogens (tertiary/aromatic N) is 1. The zero-order valence-electron chi connectivity index (χ0n) is 11.7. The number of hydrogen-bond donors (Lipinski definition) is 2. The lowest BCUT2D eigenvalue weighted by atomic mass is 10.1. The zero-order valence-corrected chi connectivity index (χ0v) is 12.5. The van der Waals surface area contributed by atoms with Crippen molar-refractivity contribution in [1.29, 1.82) is 0 Å². The van der Waals surface area contributed by atoms with Crippen molar-refractivity contribution in [2.45, 2.75) is 13.8 Å². The van der Waals surface area contributed by atoms with Gasteiger partial charge in [-0.3, -0.25) is 4.79 Å². The predicted molar refractivity (Wildman–Crippen MR) is 81.5 cm³/mol. The fourth-order valence-corrected chi connectivity index (χ4v) is 2.81. The van der Waals surface area contributed by atoms with Crippen molar-refractivity contribution in [2.75, 3.05) is 11.4 Å². The molecule has 1 amide bonds. The summed E-state index contributed by atoms with van der Waals surface area (Å²) >= 11 is 0.944. The molecule has 2 rings (SSSR count). The minimum absolute atomic E-state index is 0.0826. The Labute approximate surface area is 126 Å². The van der Waals surface area contributed by atoms with Gasteiger partial charge in [0.2, 0.25) is 0 Å². The van der Waals surface area contributed by atoms with E-state index in [1.54, 1.807) is 12.1 Å². The largest absolute Gasteiger partial charge is 0.508 e. The van der Waals surface area contributed by atoms with E-state index in [1.165, 1.54) is 23.1 Å². The molecule has 6 heteroatoms. The van der Waals surface area contributed by atoms with Gasteiger partial charge in [0.05, 0.1) is 10.6 Å². The van der Waals surface area contributed by atoms with Crippen LogP contribution in [0.15, 0.2) is 30.3 Å². The molecule has 0 aliphatic heterocycles. The number of phenolic OH excluding ortho intramolecular Hbond substituents is 1. The summed E-state index contributed by atoms with van der Waals surface area (Å²) in [7, 11) is 0. The highest BCUT2D eigenvalue weighted by Gasteiger charge is 2.21. The average Bonchev–Trinajstić information content (AvgIpc) is 2.93. The number of aryl methyl sites for hydroxylation is 1. The van der Waals surface area contributed by atoms with Gasteiger partial charge in [-0.05, 0) is 37.6 Å². The van der Waals surface area contributed by atoms with Crippen LogP contribution in [0.5, 0.6) is 5.75 Å². The van der Waals surface area contributed by atoms with Crippen LogP contribution in [0.3, 0.4) is 0 Å². The Kier molecular flexibility index (Phi) is 4.28. The van der Waals surface area contributed by atoms with Crippen LogP contribution in [-0.4, -0.2) is 28.6 Å². The lowest BCUT2D eigenvalue weighted by Crippen LogP contribution is -2.30. The number of phenols is 1. The second-order valence-electron chi connectivity index (χ2n) is 4.49. The number of carbonyl (C=O) groups is 2. The minimum atomic E-state index is -1.05. The van der Waals surface area contributed by atoms with E-state index in [0.29, 0.717) is 17.1 Å². The van der Waals surface area contributed by atoms with Crippen LogP contribution in [0.25, 0.3) is 0 Å². The first-order valence-electron chi connectivity index (χ1n) is 6.38. The van der Waals surface area contributed by atoms with Gasteiger partial charge < -0.3 is 15.1 Å². The molecule has 0 unspecified atom stereocenters. The first-order chi connectivity index (χ1) is 9.93. The Bertz CT molecular complexity index is 693. The van der Waals surface area contributed by atoms with Crippen LogP contribution in [0.2, 0.25) is 0 Å². The Morgan fingerprint density at radius 1 is 1.19 bits per heavy atom. The maximum atomic E-state index is 12.5. The molecule has 0 fully saturated rings. The Hall–Kier alpha value is -2.34. The van der Waals surface area contributed by atoms with E-state index in [2.05, 4.69) is 0 Å². The summed E-state index contributed by atoms with van der Waals surface area (Å²) in [5.41, 5.74) is 1.48. The lowest BCUT2D eigenvalue weighted by molar-refractivity contribution is 0.0702. The number of carbonyl (C=O) groups excluding carboxylic acids is 1. The third-order valence-electron chi connectivity index (χ3n) is 3.07. The number of carboxylic acids is 1. The van der Waals surface area contributed by atoms with Crippen molar-refractivity contribution >= 4 is 28.9 Å². The highest BCUT2D eigenvalue weighted by molar-refractivity contribution is 7.16. The van der Waals surface area contributed by atoms with Gasteiger partial charge >= 0.3 is 5.97 Å². The van der Waals surface area contributed by atoms with Crippen molar-refractivity contribution in [2.24, 2.45) is 0 Å². The fourth-order valence-electron chi connectivity index (χ4n) is 2.01. The van der Waals surface area contributed by atoms with Crippen LogP contribution in [0.4, 0.5) is 5.69 Å². The van der Waals surface area contributed by atoms with E-state index in [4.69, 9.17) is 5.11 Å². The first kappa shape index (κ1) is 15.1. The first-order valence-corrected chi connectivity index (χ1v) is 7.20. The van der Waals surface area contributed by atoms with Crippen LogP contribution in [0.1, 0.15) is 31.8 Å². The van der Waals surface area contributed by atoms with Gasteiger partial charge in [0.25, 0.3) is 5.91 Å². The van der Waals surface area contributed by atoms with Crippen molar-refractivity contribution in [3.63, 3.8) is 0 Å². The number of rotatable bonds is 4. The Morgan fingerprint density at radius 3 is 2.43 bits per heavy atom. The fraction of sp³-hybridized carbons (Fsp3) is 0.200. The molecule has 0 saturated heterocycles. The molecule has 0 radical (unpaired) electrons. The van der Waals surface area contributed by atoms with Crippen molar-refractivity contribution in [1.82, 2.24) is 0 Å². The molecule has 2 aromatic rings. The van der Waals surface area contributed by atoms with Gasteiger partial charge in [-0.15, -0.1) is 11.3 Å². The highest BCUT2D eigenvalue weighted by atomic mass is 32.1. The van der Waals surface area contributed by atoms with E-state index < -0.39 is 5.97 Å². The normalized spacial score (nSPS) is 10.4. The van der Waals surface area contributed by atoms with Gasteiger partial charge in [-0.2, -0.15) is 0 Å². The third-order valence-corrected chi connectivity index (χ3v) is 4.13. The van der Waals surface area contributed by atoms with Crippen LogP contribution < -0.4 is 4.90 Å². The Morgan fingerprint density at radius 2 is 1.86 bits per heavy atom. The summed E-state index contributed by atoms with van der Waals surface area (Å²) in [5.74, 6) is -1.24. The number of hydrogen-bond acceptors (Lipinski definition) is 4. The maximum absolute atomic E-state index is 12.5. The summed E-state index contributed by atoms with van der Waals surface area (Å²) in [4.78, 5) is 25.4. The molecule has 0 saturated carbocycles. The molecule has 1 aromatic carbocycles. The van der Waals surface area contributed by atoms with E-state index in [1.807, 2.05) is 13.8 Å². The Balaban J connectivity index is 2.38. The number of amides is 1. The molecule has 0 spiro atoms. The molecule has 0 aliphatic carbocycles. The number of carboxylic acid groups (broad SMARTS) is 1. The van der Waals surface area contributed by atoms with Gasteiger partial charge in [0.1, 0.15) is 10.6 Å². The molecular formula is C15H15NO4S. The topological polar surface area (TPSA) is 77.8 Å². The van der Waals surface area contributed by atoms with Gasteiger partial charge in [-0.25, -0.2) is 4.79 Å². The van der Waals surface area contributed by atoms with E-state index in [9.17, 15) is 14.7 Å². The van der Waals surface area contributed by atoms with Crippen LogP contribution >= 0.6 is 11.3 Å². The highest BCUT2D eigenvalue weighted by Crippen LogP contribution is 2.28. The molecule has 21 heavy (non-hydrogen) atoms. The predicted octanol–water partition coefficient (Wildman–Crippen LogP) is 3.13. The molecule has 0 bridgehead atoms. The zero-order chi connectivity index (χ0) is 15.6. The third kappa shape index (κ3) is 3.05. The standard InChI is InChI=1S/C15H15NO4S/c1-3-16(11-8-10(17)5-4-9(11)2)14(18)12-6-7-13(21-12)15(19)20/h4-8,17H,3H2,1-2H3,(H,19,20). The molecule has 110 valence electrons. The van der Waals surface area contributed by atoms with Gasteiger partial charge in [0, 0.05) is 12.6 Å². The van der Waals surface area contributed by atoms with Crippen LogP contribution in [-0.2, 0) is 0 Å². The van der Waals surface area contributed by atoms with E-state index >= 15 is 0 Å². The second kappa shape index (κ2) is 5.97. The summed E-state index contributed by atoms with van der Waals surface area (Å²) < 4.78 is 0. The average molecular weight is 305 g/mol. The second-order valence-corrected chi connectivity index (χ2v) is 5.57. The molecule has 0 atom stereocenters. The SMILES string of the molecule is CCN(C(=O)c1ccc(C(=O)O)s1)c1cc(O)ccc1C. The monoisotopic (exact) mass is 305 g/mol. The number of aromatic hydroxyl groups is 1. The minimum Gasteiger partial charge on any atom is -0.508 e. The maximum Gasteiger partial charge on any atom is 0.345 e. The van der Waals surface area contributed by atoms with Gasteiger partial charge in [0.15, 0.2) is 0 Å². The van der Waals surface area contributed by atoms with Crippen LogP contribution in [0, 0.1) is 6.92 Å². The number of aromatic carboxylic acids is 1. The summed E-state index contributed by atoms with van der Waals surface area (Å²) in [6.07, 6.45) is 0. The molecule has 1 aromatic heterocycles. The number of benzene rings is 1. The quantitative estimate of drug-likeness (QED) is 0.909. The lowest BCUT2D eigenvalue weighted by Gasteiger charge is -2.22. The van der Waals surface area contributed by atoms with E-state index in [0.717, 1.165) is 16.9 Å². The summed E-state index contributed by atoms with van der Waals surface area (Å²) in [6, 6.07) is 7.76. The molecular weight excluding hydrogens is 290 g/mol. The van der Waals surface area contributed by atoms with E-state index in [-0.39, 0.29) is 16.5 Å². The summed E-state index contributed by atoms with van der Waals surface area (Å²) in [5, 5.41) is 18.5. The molecule has 5 nitrogen and oxygen atoms in total. The van der Waals surface area contributed by atoms with Crippen molar-refractivity contribution < 1.29 is 19.8 Å². The summed E-state index contributed by atoms with van der Waals surface area (Å²) in [6.45, 7) is 4.10. The van der Waals surface area contributed by atoms with Crippen molar-refractivity contribution in [3.8, 4) is 5.75 Å². The number of anilines is 1. The smallest absolute Gasteiger partial charge is 0.345 e. The van der Waals surface area contributed by atoms with Gasteiger partial charge in [-0.1, -0.05) is 6.07 Å². The molecule has 1 heterocycles. The molecule has 0 aliphatic rings. The number of thiophene rings is 1. The van der Waals surface area contributed by atoms with Crippen molar-refractivity contribution in [3.05, 3.63) is 45.6 Å².